The van der Waals surface area contributed by atoms with Crippen molar-refractivity contribution in [3.63, 3.8) is 0 Å². The number of hydrogen-bond acceptors (Lipinski definition) is 1. The van der Waals surface area contributed by atoms with Crippen molar-refractivity contribution in [1.29, 1.82) is 0 Å². The van der Waals surface area contributed by atoms with Gasteiger partial charge in [-0.15, -0.1) is 0 Å². The van der Waals surface area contributed by atoms with Crippen LogP contribution in [0.3, 0.4) is 0 Å². The summed E-state index contributed by atoms with van der Waals surface area (Å²) in [6, 6.07) is 10.5. The molecule has 1 heteroatoms. The number of benzene rings is 1. The van der Waals surface area contributed by atoms with Crippen molar-refractivity contribution in [3.05, 3.63) is 35.9 Å². The van der Waals surface area contributed by atoms with Crippen LogP contribution in [0.5, 0.6) is 0 Å². The lowest BCUT2D eigenvalue weighted by Gasteiger charge is -2.00. The standard InChI is InChI=1S/C14H19N/c1-13(2)7-6-11-15-12-10-14-8-4-3-5-9-14/h3-5,8-9,13,15H,10-12H2,1-2H3. The van der Waals surface area contributed by atoms with Gasteiger partial charge in [-0.25, -0.2) is 0 Å². The Morgan fingerprint density at radius 1 is 1.20 bits per heavy atom. The van der Waals surface area contributed by atoms with Gasteiger partial charge < -0.3 is 5.32 Å². The molecule has 0 aliphatic carbocycles. The van der Waals surface area contributed by atoms with E-state index in [1.54, 1.807) is 0 Å². The average Bonchev–Trinajstić information content (AvgIpc) is 2.24. The molecule has 0 heterocycles. The van der Waals surface area contributed by atoms with E-state index in [2.05, 4.69) is 55.3 Å². The van der Waals surface area contributed by atoms with Crippen molar-refractivity contribution < 1.29 is 0 Å². The molecule has 0 saturated carbocycles. The fraction of sp³-hybridized carbons (Fsp3) is 0.429. The number of nitrogens with one attached hydrogen (secondary N) is 1. The van der Waals surface area contributed by atoms with E-state index in [1.807, 2.05) is 6.07 Å². The van der Waals surface area contributed by atoms with Crippen LogP contribution in [0.15, 0.2) is 30.3 Å². The monoisotopic (exact) mass is 201 g/mol. The van der Waals surface area contributed by atoms with Crippen LogP contribution in [0, 0.1) is 17.8 Å². The zero-order valence-corrected chi connectivity index (χ0v) is 9.59. The minimum Gasteiger partial charge on any atom is -0.306 e. The third-order valence-electron chi connectivity index (χ3n) is 2.04. The molecule has 0 aliphatic rings. The molecule has 0 spiro atoms. The normalized spacial score (nSPS) is 9.80. The Morgan fingerprint density at radius 3 is 2.60 bits per heavy atom. The zero-order chi connectivity index (χ0) is 10.9. The van der Waals surface area contributed by atoms with Crippen LogP contribution >= 0.6 is 0 Å². The lowest BCUT2D eigenvalue weighted by molar-refractivity contribution is 0.751. The summed E-state index contributed by atoms with van der Waals surface area (Å²) in [4.78, 5) is 0. The number of hydrogen-bond donors (Lipinski definition) is 1. The summed E-state index contributed by atoms with van der Waals surface area (Å²) >= 11 is 0. The molecule has 1 rings (SSSR count). The van der Waals surface area contributed by atoms with Gasteiger partial charge in [0.15, 0.2) is 0 Å². The molecule has 1 nitrogen and oxygen atoms in total. The fourth-order valence-electron chi connectivity index (χ4n) is 1.28. The zero-order valence-electron chi connectivity index (χ0n) is 9.59. The van der Waals surface area contributed by atoms with Gasteiger partial charge in [-0.05, 0) is 12.0 Å². The summed E-state index contributed by atoms with van der Waals surface area (Å²) in [7, 11) is 0. The second-order valence-electron chi connectivity index (χ2n) is 3.89. The largest absolute Gasteiger partial charge is 0.306 e. The van der Waals surface area contributed by atoms with Crippen LogP contribution in [-0.2, 0) is 6.42 Å². The van der Waals surface area contributed by atoms with Gasteiger partial charge in [-0.3, -0.25) is 0 Å². The Morgan fingerprint density at radius 2 is 1.93 bits per heavy atom. The maximum Gasteiger partial charge on any atom is 0.0576 e. The molecule has 0 fully saturated rings. The van der Waals surface area contributed by atoms with Gasteiger partial charge >= 0.3 is 0 Å². The molecule has 0 bridgehead atoms. The van der Waals surface area contributed by atoms with E-state index in [4.69, 9.17) is 0 Å². The van der Waals surface area contributed by atoms with Crippen LogP contribution in [0.25, 0.3) is 0 Å². The van der Waals surface area contributed by atoms with E-state index in [9.17, 15) is 0 Å². The molecule has 0 amide bonds. The minimum atomic E-state index is 0.473. The van der Waals surface area contributed by atoms with Gasteiger partial charge in [0, 0.05) is 12.5 Å². The van der Waals surface area contributed by atoms with E-state index >= 15 is 0 Å². The van der Waals surface area contributed by atoms with Crippen LogP contribution in [0.4, 0.5) is 0 Å². The summed E-state index contributed by atoms with van der Waals surface area (Å²) in [6.07, 6.45) is 1.07. The summed E-state index contributed by atoms with van der Waals surface area (Å²) in [6.45, 7) is 6.01. The maximum atomic E-state index is 3.32. The lowest BCUT2D eigenvalue weighted by atomic mass is 10.1. The van der Waals surface area contributed by atoms with Gasteiger partial charge in [0.25, 0.3) is 0 Å². The lowest BCUT2D eigenvalue weighted by Crippen LogP contribution is -2.17. The molecule has 1 aromatic carbocycles. The SMILES string of the molecule is CC(C)C#CCNCCc1ccccc1. The predicted octanol–water partition coefficient (Wildman–Crippen LogP) is 2.48. The quantitative estimate of drug-likeness (QED) is 0.583. The van der Waals surface area contributed by atoms with Crippen molar-refractivity contribution >= 4 is 0 Å². The summed E-state index contributed by atoms with van der Waals surface area (Å²) < 4.78 is 0. The Hall–Kier alpha value is -1.26. The second kappa shape index (κ2) is 7.09. The first-order chi connectivity index (χ1) is 7.29. The highest BCUT2D eigenvalue weighted by molar-refractivity contribution is 5.14. The van der Waals surface area contributed by atoms with Crippen molar-refractivity contribution in [1.82, 2.24) is 5.32 Å². The first kappa shape index (κ1) is 11.8. The number of rotatable bonds is 4. The smallest absolute Gasteiger partial charge is 0.0576 e. The van der Waals surface area contributed by atoms with E-state index in [0.29, 0.717) is 5.92 Å². The fourth-order valence-corrected chi connectivity index (χ4v) is 1.28. The van der Waals surface area contributed by atoms with Crippen LogP contribution in [0.2, 0.25) is 0 Å². The van der Waals surface area contributed by atoms with Gasteiger partial charge in [-0.2, -0.15) is 0 Å². The first-order valence-electron chi connectivity index (χ1n) is 5.52. The van der Waals surface area contributed by atoms with E-state index in [1.165, 1.54) is 5.56 Å². The third kappa shape index (κ3) is 5.93. The van der Waals surface area contributed by atoms with Gasteiger partial charge in [0.05, 0.1) is 6.54 Å². The highest BCUT2D eigenvalue weighted by atomic mass is 14.8. The van der Waals surface area contributed by atoms with Gasteiger partial charge in [0.1, 0.15) is 0 Å². The highest BCUT2D eigenvalue weighted by Gasteiger charge is 1.89. The average molecular weight is 201 g/mol. The summed E-state index contributed by atoms with van der Waals surface area (Å²) in [5.74, 6) is 6.71. The predicted molar refractivity (Wildman–Crippen MR) is 65.6 cm³/mol. The molecule has 0 saturated heterocycles. The van der Waals surface area contributed by atoms with E-state index < -0.39 is 0 Å². The van der Waals surface area contributed by atoms with E-state index in [0.717, 1.165) is 19.5 Å². The highest BCUT2D eigenvalue weighted by Crippen LogP contribution is 1.97. The van der Waals surface area contributed by atoms with Gasteiger partial charge in [0.2, 0.25) is 0 Å². The Balaban J connectivity index is 2.11. The van der Waals surface area contributed by atoms with Crippen molar-refractivity contribution in [3.8, 4) is 11.8 Å². The molecule has 0 aromatic heterocycles. The molecule has 80 valence electrons. The molecule has 15 heavy (non-hydrogen) atoms. The molecule has 1 N–H and O–H groups in total. The molecular weight excluding hydrogens is 182 g/mol. The van der Waals surface area contributed by atoms with Crippen LogP contribution in [-0.4, -0.2) is 13.1 Å². The van der Waals surface area contributed by atoms with Gasteiger partial charge in [-0.1, -0.05) is 56.0 Å². The van der Waals surface area contributed by atoms with Crippen LogP contribution < -0.4 is 5.32 Å². The van der Waals surface area contributed by atoms with Crippen molar-refractivity contribution in [2.75, 3.05) is 13.1 Å². The maximum absolute atomic E-state index is 3.32. The molecular formula is C14H19N. The topological polar surface area (TPSA) is 12.0 Å². The summed E-state index contributed by atoms with van der Waals surface area (Å²) in [5, 5.41) is 3.32. The molecule has 0 atom stereocenters. The molecule has 0 radical (unpaired) electrons. The first-order valence-corrected chi connectivity index (χ1v) is 5.52. The molecule has 0 unspecified atom stereocenters. The Labute approximate surface area is 92.9 Å². The molecule has 0 aliphatic heterocycles. The Kier molecular flexibility index (Phi) is 5.58. The molecule has 1 aromatic rings. The second-order valence-corrected chi connectivity index (χ2v) is 3.89. The van der Waals surface area contributed by atoms with Crippen molar-refractivity contribution in [2.24, 2.45) is 5.92 Å². The Bertz CT molecular complexity index is 316. The third-order valence-corrected chi connectivity index (χ3v) is 2.04. The van der Waals surface area contributed by atoms with Crippen LogP contribution in [0.1, 0.15) is 19.4 Å². The van der Waals surface area contributed by atoms with E-state index in [-0.39, 0.29) is 0 Å². The minimum absolute atomic E-state index is 0.473. The summed E-state index contributed by atoms with van der Waals surface area (Å²) in [5.41, 5.74) is 1.38. The van der Waals surface area contributed by atoms with Crippen molar-refractivity contribution in [2.45, 2.75) is 20.3 Å².